The van der Waals surface area contributed by atoms with Crippen LogP contribution in [0.25, 0.3) is 10.9 Å². The van der Waals surface area contributed by atoms with Gasteiger partial charge in [-0.25, -0.2) is 4.39 Å². The van der Waals surface area contributed by atoms with Crippen molar-refractivity contribution in [2.24, 2.45) is 0 Å². The van der Waals surface area contributed by atoms with Gasteiger partial charge in [-0.2, -0.15) is 5.10 Å². The van der Waals surface area contributed by atoms with Crippen molar-refractivity contribution in [3.05, 3.63) is 29.7 Å². The summed E-state index contributed by atoms with van der Waals surface area (Å²) in [4.78, 5) is 0. The number of halogens is 1. The van der Waals surface area contributed by atoms with Gasteiger partial charge in [0.05, 0.1) is 11.2 Å². The van der Waals surface area contributed by atoms with E-state index in [0.717, 1.165) is 29.4 Å². The van der Waals surface area contributed by atoms with Crippen LogP contribution in [0.3, 0.4) is 0 Å². The Morgan fingerprint density at radius 3 is 2.75 bits per heavy atom. The van der Waals surface area contributed by atoms with Crippen LogP contribution in [0.5, 0.6) is 0 Å². The van der Waals surface area contributed by atoms with Crippen molar-refractivity contribution in [3.8, 4) is 0 Å². The highest BCUT2D eigenvalue weighted by Crippen LogP contribution is 2.24. The monoisotopic (exact) mass is 220 g/mol. The Morgan fingerprint density at radius 1 is 1.38 bits per heavy atom. The minimum atomic E-state index is -0.189. The zero-order valence-electron chi connectivity index (χ0n) is 10.00. The van der Waals surface area contributed by atoms with E-state index in [1.165, 1.54) is 6.07 Å². The third-order valence-electron chi connectivity index (χ3n) is 3.09. The second-order valence-corrected chi connectivity index (χ2v) is 4.16. The lowest BCUT2D eigenvalue weighted by Gasteiger charge is -2.10. The van der Waals surface area contributed by atoms with Crippen molar-refractivity contribution in [1.29, 1.82) is 0 Å². The molecule has 0 spiro atoms. The normalized spacial score (nSPS) is 13.2. The number of fused-ring (bicyclic) bond motifs is 1. The molecule has 0 aliphatic rings. The fourth-order valence-corrected chi connectivity index (χ4v) is 1.95. The van der Waals surface area contributed by atoms with Crippen molar-refractivity contribution < 1.29 is 4.39 Å². The first-order valence-corrected chi connectivity index (χ1v) is 5.84. The van der Waals surface area contributed by atoms with Crippen LogP contribution < -0.4 is 0 Å². The second-order valence-electron chi connectivity index (χ2n) is 4.16. The Hall–Kier alpha value is -1.38. The first-order chi connectivity index (χ1) is 7.67. The Morgan fingerprint density at radius 2 is 2.12 bits per heavy atom. The van der Waals surface area contributed by atoms with E-state index >= 15 is 0 Å². The predicted molar refractivity (Wildman–Crippen MR) is 64.1 cm³/mol. The van der Waals surface area contributed by atoms with Crippen LogP contribution >= 0.6 is 0 Å². The lowest BCUT2D eigenvalue weighted by molar-refractivity contribution is 0.488. The summed E-state index contributed by atoms with van der Waals surface area (Å²) in [7, 11) is 0. The molecule has 0 radical (unpaired) electrons. The zero-order chi connectivity index (χ0) is 11.7. The lowest BCUT2D eigenvalue weighted by atomic mass is 10.1. The lowest BCUT2D eigenvalue weighted by Crippen LogP contribution is -2.05. The van der Waals surface area contributed by atoms with Gasteiger partial charge in [-0.05, 0) is 38.0 Å². The maximum absolute atomic E-state index is 13.2. The average Bonchev–Trinajstić information content (AvgIpc) is 2.66. The molecular formula is C13H17FN2. The molecule has 1 aromatic heterocycles. The quantitative estimate of drug-likeness (QED) is 0.771. The summed E-state index contributed by atoms with van der Waals surface area (Å²) in [5, 5.41) is 5.52. The van der Waals surface area contributed by atoms with E-state index in [2.05, 4.69) is 18.9 Å². The van der Waals surface area contributed by atoms with Crippen LogP contribution in [0.2, 0.25) is 0 Å². The van der Waals surface area contributed by atoms with Gasteiger partial charge in [0.2, 0.25) is 0 Å². The molecule has 1 aromatic carbocycles. The number of hydrogen-bond acceptors (Lipinski definition) is 1. The first-order valence-electron chi connectivity index (χ1n) is 5.84. The van der Waals surface area contributed by atoms with E-state index in [1.807, 2.05) is 17.7 Å². The van der Waals surface area contributed by atoms with E-state index in [9.17, 15) is 4.39 Å². The van der Waals surface area contributed by atoms with Crippen LogP contribution in [-0.2, 0) is 6.42 Å². The van der Waals surface area contributed by atoms with Gasteiger partial charge in [0.1, 0.15) is 5.82 Å². The molecule has 3 heteroatoms. The Labute approximate surface area is 95.1 Å². The maximum Gasteiger partial charge on any atom is 0.124 e. The minimum absolute atomic E-state index is 0.189. The van der Waals surface area contributed by atoms with Crippen LogP contribution in [0, 0.1) is 5.82 Å². The Bertz CT molecular complexity index is 502. The molecule has 2 rings (SSSR count). The molecule has 0 saturated heterocycles. The molecule has 16 heavy (non-hydrogen) atoms. The van der Waals surface area contributed by atoms with Crippen LogP contribution in [0.1, 0.15) is 38.9 Å². The summed E-state index contributed by atoms with van der Waals surface area (Å²) in [5.41, 5.74) is 2.02. The molecule has 0 aliphatic heterocycles. The number of hydrogen-bond donors (Lipinski definition) is 0. The molecule has 86 valence electrons. The highest BCUT2D eigenvalue weighted by Gasteiger charge is 2.13. The second kappa shape index (κ2) is 4.24. The van der Waals surface area contributed by atoms with Crippen molar-refractivity contribution in [3.63, 3.8) is 0 Å². The molecule has 0 bridgehead atoms. The van der Waals surface area contributed by atoms with Crippen molar-refractivity contribution in [2.45, 2.75) is 39.7 Å². The molecular weight excluding hydrogens is 203 g/mol. The van der Waals surface area contributed by atoms with E-state index in [-0.39, 0.29) is 5.82 Å². The molecule has 2 aromatic rings. The van der Waals surface area contributed by atoms with Gasteiger partial charge in [-0.3, -0.25) is 4.68 Å². The predicted octanol–water partition coefficient (Wildman–Crippen LogP) is 3.71. The van der Waals surface area contributed by atoms with E-state index in [1.54, 1.807) is 6.07 Å². The number of rotatable bonds is 3. The average molecular weight is 220 g/mol. The minimum Gasteiger partial charge on any atom is -0.262 e. The van der Waals surface area contributed by atoms with Gasteiger partial charge in [-0.1, -0.05) is 13.8 Å². The van der Waals surface area contributed by atoms with Gasteiger partial charge in [-0.15, -0.1) is 0 Å². The fourth-order valence-electron chi connectivity index (χ4n) is 1.95. The van der Waals surface area contributed by atoms with Crippen molar-refractivity contribution in [1.82, 2.24) is 9.78 Å². The third-order valence-corrected chi connectivity index (χ3v) is 3.09. The highest BCUT2D eigenvalue weighted by molar-refractivity contribution is 5.82. The van der Waals surface area contributed by atoms with Gasteiger partial charge < -0.3 is 0 Å². The maximum atomic E-state index is 13.2. The van der Waals surface area contributed by atoms with Crippen LogP contribution in [0.4, 0.5) is 4.39 Å². The highest BCUT2D eigenvalue weighted by atomic mass is 19.1. The van der Waals surface area contributed by atoms with Gasteiger partial charge in [0.15, 0.2) is 0 Å². The van der Waals surface area contributed by atoms with Gasteiger partial charge in [0, 0.05) is 11.4 Å². The summed E-state index contributed by atoms with van der Waals surface area (Å²) in [6, 6.07) is 5.26. The van der Waals surface area contributed by atoms with Crippen molar-refractivity contribution in [2.75, 3.05) is 0 Å². The fraction of sp³-hybridized carbons (Fsp3) is 0.462. The first kappa shape index (κ1) is 11.1. The van der Waals surface area contributed by atoms with Crippen LogP contribution in [0.15, 0.2) is 18.2 Å². The Kier molecular flexibility index (Phi) is 2.95. The summed E-state index contributed by atoms with van der Waals surface area (Å²) >= 11 is 0. The standard InChI is InChI=1S/C13H17FN2/c1-4-9(3)16-13-7-6-10(14)8-11(13)12(5-2)15-16/h6-9H,4-5H2,1-3H3. The SMILES string of the molecule is CCc1nn(C(C)CC)c2ccc(F)cc12. The number of aromatic nitrogens is 2. The topological polar surface area (TPSA) is 17.8 Å². The van der Waals surface area contributed by atoms with Crippen molar-refractivity contribution >= 4 is 10.9 Å². The van der Waals surface area contributed by atoms with E-state index < -0.39 is 0 Å². The number of nitrogens with zero attached hydrogens (tertiary/aromatic N) is 2. The molecule has 2 nitrogen and oxygen atoms in total. The summed E-state index contributed by atoms with van der Waals surface area (Å²) in [6.45, 7) is 6.32. The largest absolute Gasteiger partial charge is 0.262 e. The third kappa shape index (κ3) is 1.70. The summed E-state index contributed by atoms with van der Waals surface area (Å²) < 4.78 is 15.2. The van der Waals surface area contributed by atoms with Gasteiger partial charge in [0.25, 0.3) is 0 Å². The molecule has 1 heterocycles. The summed E-state index contributed by atoms with van der Waals surface area (Å²) in [6.07, 6.45) is 1.86. The zero-order valence-corrected chi connectivity index (χ0v) is 10.00. The molecule has 1 unspecified atom stereocenters. The molecule has 0 aliphatic carbocycles. The smallest absolute Gasteiger partial charge is 0.124 e. The van der Waals surface area contributed by atoms with Gasteiger partial charge >= 0.3 is 0 Å². The Balaban J connectivity index is 2.67. The number of aryl methyl sites for hydroxylation is 1. The molecule has 1 atom stereocenters. The molecule has 0 N–H and O–H groups in total. The molecule has 0 saturated carbocycles. The van der Waals surface area contributed by atoms with E-state index in [0.29, 0.717) is 6.04 Å². The molecule has 0 amide bonds. The molecule has 0 fully saturated rings. The van der Waals surface area contributed by atoms with Crippen LogP contribution in [-0.4, -0.2) is 9.78 Å². The van der Waals surface area contributed by atoms with E-state index in [4.69, 9.17) is 0 Å². The summed E-state index contributed by atoms with van der Waals surface area (Å²) in [5.74, 6) is -0.189. The number of benzene rings is 1.